The van der Waals surface area contributed by atoms with E-state index in [9.17, 15) is 22.8 Å². The molecule has 0 aromatic carbocycles. The van der Waals surface area contributed by atoms with Crippen molar-refractivity contribution in [3.8, 4) is 0 Å². The van der Waals surface area contributed by atoms with E-state index < -0.39 is 24.7 Å². The maximum atomic E-state index is 12.2. The number of rotatable bonds is 8. The summed E-state index contributed by atoms with van der Waals surface area (Å²) in [4.78, 5) is 22.4. The van der Waals surface area contributed by atoms with Crippen molar-refractivity contribution in [2.24, 2.45) is 0 Å². The molecule has 0 saturated heterocycles. The summed E-state index contributed by atoms with van der Waals surface area (Å²) in [7, 11) is 0. The van der Waals surface area contributed by atoms with E-state index >= 15 is 0 Å². The van der Waals surface area contributed by atoms with Crippen molar-refractivity contribution in [1.29, 1.82) is 0 Å². The number of aliphatic carboxylic acids is 1. The fourth-order valence-electron chi connectivity index (χ4n) is 1.45. The zero-order chi connectivity index (χ0) is 14.9. The summed E-state index contributed by atoms with van der Waals surface area (Å²) in [6, 6.07) is -0.769. The topological polar surface area (TPSA) is 69.6 Å². The van der Waals surface area contributed by atoms with Crippen molar-refractivity contribution in [2.45, 2.75) is 38.8 Å². The molecule has 0 spiro atoms. The van der Waals surface area contributed by atoms with Gasteiger partial charge >= 0.3 is 18.2 Å². The summed E-state index contributed by atoms with van der Waals surface area (Å²) in [5, 5.41) is 10.7. The number of carboxylic acids is 1. The number of alkyl halides is 3. The lowest BCUT2D eigenvalue weighted by Gasteiger charge is -2.23. The van der Waals surface area contributed by atoms with Gasteiger partial charge in [-0.2, -0.15) is 13.2 Å². The van der Waals surface area contributed by atoms with Gasteiger partial charge < -0.3 is 15.3 Å². The Hall–Kier alpha value is -1.47. The first-order valence-corrected chi connectivity index (χ1v) is 6.07. The molecule has 5 nitrogen and oxygen atoms in total. The normalized spacial score (nSPS) is 11.2. The molecule has 0 atom stereocenters. The largest absolute Gasteiger partial charge is 0.481 e. The maximum Gasteiger partial charge on any atom is 0.406 e. The number of halogens is 3. The minimum absolute atomic E-state index is 0.0168. The third kappa shape index (κ3) is 10.2. The Morgan fingerprint density at radius 2 is 1.89 bits per heavy atom. The molecule has 0 aromatic heterocycles. The van der Waals surface area contributed by atoms with Crippen LogP contribution in [0.5, 0.6) is 0 Å². The van der Waals surface area contributed by atoms with Gasteiger partial charge in [-0.15, -0.1) is 0 Å². The molecule has 0 saturated carbocycles. The minimum atomic E-state index is -4.42. The van der Waals surface area contributed by atoms with Gasteiger partial charge in [-0.3, -0.25) is 4.79 Å². The smallest absolute Gasteiger partial charge is 0.406 e. The lowest BCUT2D eigenvalue weighted by Crippen LogP contribution is -2.45. The highest BCUT2D eigenvalue weighted by Crippen LogP contribution is 2.16. The van der Waals surface area contributed by atoms with Crippen molar-refractivity contribution < 1.29 is 27.9 Å². The second kappa shape index (κ2) is 8.60. The van der Waals surface area contributed by atoms with Gasteiger partial charge in [0.25, 0.3) is 0 Å². The predicted octanol–water partition coefficient (Wildman–Crippen LogP) is 2.23. The molecule has 0 heterocycles. The number of carbonyl (C=O) groups excluding carboxylic acids is 1. The van der Waals surface area contributed by atoms with E-state index in [1.807, 2.05) is 0 Å². The van der Waals surface area contributed by atoms with Crippen LogP contribution in [0.3, 0.4) is 0 Å². The first-order chi connectivity index (χ1) is 8.76. The summed E-state index contributed by atoms with van der Waals surface area (Å²) >= 11 is 0. The van der Waals surface area contributed by atoms with Crippen LogP contribution in [0.15, 0.2) is 0 Å². The molecule has 0 radical (unpaired) electrons. The van der Waals surface area contributed by atoms with Crippen LogP contribution in [-0.2, 0) is 4.79 Å². The van der Waals surface area contributed by atoms with Crippen LogP contribution in [0.4, 0.5) is 18.0 Å². The summed E-state index contributed by atoms with van der Waals surface area (Å²) in [5.41, 5.74) is 0. The summed E-state index contributed by atoms with van der Waals surface area (Å²) in [6.07, 6.45) is -3.21. The van der Waals surface area contributed by atoms with Crippen LogP contribution in [0.2, 0.25) is 0 Å². The SMILES string of the molecule is CCCN(CC(F)(F)F)C(=O)NCCCCC(=O)O. The van der Waals surface area contributed by atoms with Gasteiger partial charge in [0.2, 0.25) is 0 Å². The molecule has 0 fully saturated rings. The molecule has 0 aliphatic heterocycles. The lowest BCUT2D eigenvalue weighted by atomic mass is 10.2. The Bertz CT molecular complexity index is 295. The highest BCUT2D eigenvalue weighted by Gasteiger charge is 2.32. The van der Waals surface area contributed by atoms with E-state index in [1.165, 1.54) is 0 Å². The standard InChI is InChI=1S/C11H19F3N2O3/c1-2-7-16(8-11(12,13)14)10(19)15-6-4-3-5-9(17)18/h2-8H2,1H3,(H,15,19)(H,17,18). The number of nitrogens with zero attached hydrogens (tertiary/aromatic N) is 1. The first-order valence-electron chi connectivity index (χ1n) is 6.07. The predicted molar refractivity (Wildman–Crippen MR) is 62.8 cm³/mol. The van der Waals surface area contributed by atoms with Crippen molar-refractivity contribution >= 4 is 12.0 Å². The zero-order valence-corrected chi connectivity index (χ0v) is 10.8. The molecule has 19 heavy (non-hydrogen) atoms. The second-order valence-corrected chi connectivity index (χ2v) is 4.12. The van der Waals surface area contributed by atoms with Crippen LogP contribution >= 0.6 is 0 Å². The van der Waals surface area contributed by atoms with E-state index in [0.717, 1.165) is 0 Å². The van der Waals surface area contributed by atoms with Crippen molar-refractivity contribution in [1.82, 2.24) is 10.2 Å². The third-order valence-electron chi connectivity index (χ3n) is 2.24. The number of carbonyl (C=O) groups is 2. The molecule has 0 aliphatic rings. The van der Waals surface area contributed by atoms with Gasteiger partial charge in [0.15, 0.2) is 0 Å². The number of urea groups is 1. The summed E-state index contributed by atoms with van der Waals surface area (Å²) in [5.74, 6) is -0.934. The van der Waals surface area contributed by atoms with Crippen molar-refractivity contribution in [3.05, 3.63) is 0 Å². The summed E-state index contributed by atoms with van der Waals surface area (Å²) < 4.78 is 36.7. The van der Waals surface area contributed by atoms with Crippen molar-refractivity contribution in [2.75, 3.05) is 19.6 Å². The highest BCUT2D eigenvalue weighted by atomic mass is 19.4. The quantitative estimate of drug-likeness (QED) is 0.671. The zero-order valence-electron chi connectivity index (χ0n) is 10.8. The fourth-order valence-corrected chi connectivity index (χ4v) is 1.45. The number of carboxylic acid groups (broad SMARTS) is 1. The third-order valence-corrected chi connectivity index (χ3v) is 2.24. The average molecular weight is 284 g/mol. The van der Waals surface area contributed by atoms with E-state index in [1.54, 1.807) is 6.92 Å². The van der Waals surface area contributed by atoms with Gasteiger partial charge in [-0.25, -0.2) is 4.79 Å². The average Bonchev–Trinajstić information content (AvgIpc) is 2.25. The van der Waals surface area contributed by atoms with Crippen LogP contribution in [0.25, 0.3) is 0 Å². The van der Waals surface area contributed by atoms with Crippen LogP contribution in [0, 0.1) is 0 Å². The van der Waals surface area contributed by atoms with Crippen LogP contribution in [0.1, 0.15) is 32.6 Å². The molecular formula is C11H19F3N2O3. The Balaban J connectivity index is 4.01. The summed E-state index contributed by atoms with van der Waals surface area (Å²) in [6.45, 7) is 0.607. The molecule has 0 rings (SSSR count). The molecule has 112 valence electrons. The molecule has 0 aliphatic carbocycles. The van der Waals surface area contributed by atoms with E-state index in [-0.39, 0.29) is 19.5 Å². The second-order valence-electron chi connectivity index (χ2n) is 4.12. The van der Waals surface area contributed by atoms with Gasteiger partial charge in [0.05, 0.1) is 0 Å². The number of amides is 2. The van der Waals surface area contributed by atoms with Crippen LogP contribution < -0.4 is 5.32 Å². The maximum absolute atomic E-state index is 12.2. The van der Waals surface area contributed by atoms with Gasteiger partial charge in [-0.05, 0) is 19.3 Å². The molecule has 0 bridgehead atoms. The fraction of sp³-hybridized carbons (Fsp3) is 0.818. The highest BCUT2D eigenvalue weighted by molar-refractivity contribution is 5.74. The Kier molecular flexibility index (Phi) is 7.94. The Labute approximate surface area is 109 Å². The monoisotopic (exact) mass is 284 g/mol. The molecule has 0 unspecified atom stereocenters. The first kappa shape index (κ1) is 17.5. The molecule has 8 heteroatoms. The number of hydrogen-bond acceptors (Lipinski definition) is 2. The Morgan fingerprint density at radius 1 is 1.26 bits per heavy atom. The molecule has 2 N–H and O–H groups in total. The number of nitrogens with one attached hydrogen (secondary N) is 1. The van der Waals surface area contributed by atoms with Crippen LogP contribution in [-0.4, -0.2) is 47.8 Å². The number of hydrogen-bond donors (Lipinski definition) is 2. The van der Waals surface area contributed by atoms with Gasteiger partial charge in [0.1, 0.15) is 6.54 Å². The minimum Gasteiger partial charge on any atom is -0.481 e. The molecule has 0 aromatic rings. The Morgan fingerprint density at radius 3 is 2.37 bits per heavy atom. The van der Waals surface area contributed by atoms with E-state index in [4.69, 9.17) is 5.11 Å². The van der Waals surface area contributed by atoms with E-state index in [2.05, 4.69) is 5.32 Å². The number of unbranched alkanes of at least 4 members (excludes halogenated alkanes) is 1. The molecular weight excluding hydrogens is 265 g/mol. The van der Waals surface area contributed by atoms with Gasteiger partial charge in [0, 0.05) is 19.5 Å². The van der Waals surface area contributed by atoms with E-state index in [0.29, 0.717) is 24.2 Å². The van der Waals surface area contributed by atoms with Gasteiger partial charge in [-0.1, -0.05) is 6.92 Å². The molecule has 2 amide bonds. The lowest BCUT2D eigenvalue weighted by molar-refractivity contribution is -0.140. The van der Waals surface area contributed by atoms with Crippen molar-refractivity contribution in [3.63, 3.8) is 0 Å².